The molecule has 2 nitrogen and oxygen atoms in total. The Labute approximate surface area is 100 Å². The van der Waals surface area contributed by atoms with Crippen LogP contribution in [0.4, 0.5) is 0 Å². The van der Waals surface area contributed by atoms with E-state index in [1.54, 1.807) is 0 Å². The SMILES string of the molecule is CCCC(C)N(CCC(N)=S)CC(C)C. The van der Waals surface area contributed by atoms with Crippen LogP contribution in [0.3, 0.4) is 0 Å². The third-order valence-corrected chi connectivity index (χ3v) is 2.78. The van der Waals surface area contributed by atoms with Crippen molar-refractivity contribution in [3.8, 4) is 0 Å². The van der Waals surface area contributed by atoms with E-state index in [0.717, 1.165) is 19.5 Å². The van der Waals surface area contributed by atoms with E-state index in [4.69, 9.17) is 18.0 Å². The minimum atomic E-state index is 0.632. The minimum Gasteiger partial charge on any atom is -0.393 e. The number of nitrogens with zero attached hydrogens (tertiary/aromatic N) is 1. The van der Waals surface area contributed by atoms with Crippen LogP contribution in [0.25, 0.3) is 0 Å². The predicted molar refractivity (Wildman–Crippen MR) is 72.2 cm³/mol. The summed E-state index contributed by atoms with van der Waals surface area (Å²) in [5, 5.41) is 0. The molecule has 0 heterocycles. The third kappa shape index (κ3) is 7.74. The van der Waals surface area contributed by atoms with Crippen molar-refractivity contribution >= 4 is 17.2 Å². The van der Waals surface area contributed by atoms with Gasteiger partial charge < -0.3 is 5.73 Å². The van der Waals surface area contributed by atoms with Crippen LogP contribution in [-0.4, -0.2) is 29.0 Å². The van der Waals surface area contributed by atoms with Gasteiger partial charge >= 0.3 is 0 Å². The van der Waals surface area contributed by atoms with Crippen LogP contribution in [0.15, 0.2) is 0 Å². The lowest BCUT2D eigenvalue weighted by Gasteiger charge is -2.30. The van der Waals surface area contributed by atoms with Crippen molar-refractivity contribution < 1.29 is 0 Å². The lowest BCUT2D eigenvalue weighted by Crippen LogP contribution is -2.38. The third-order valence-electron chi connectivity index (χ3n) is 2.57. The number of nitrogens with two attached hydrogens (primary N) is 1. The molecular formula is C12H26N2S. The molecule has 0 aliphatic carbocycles. The summed E-state index contributed by atoms with van der Waals surface area (Å²) in [5.74, 6) is 0.704. The molecule has 0 amide bonds. The molecule has 0 bridgehead atoms. The molecule has 0 saturated carbocycles. The van der Waals surface area contributed by atoms with Crippen LogP contribution >= 0.6 is 12.2 Å². The number of hydrogen-bond acceptors (Lipinski definition) is 2. The van der Waals surface area contributed by atoms with Crippen LogP contribution in [-0.2, 0) is 0 Å². The summed E-state index contributed by atoms with van der Waals surface area (Å²) in [6.07, 6.45) is 3.34. The number of rotatable bonds is 8. The molecule has 3 heteroatoms. The monoisotopic (exact) mass is 230 g/mol. The summed E-state index contributed by atoms with van der Waals surface area (Å²) < 4.78 is 0. The standard InChI is InChI=1S/C12H26N2S/c1-5-6-11(4)14(9-10(2)3)8-7-12(13)15/h10-11H,5-9H2,1-4H3,(H2,13,15). The highest BCUT2D eigenvalue weighted by Gasteiger charge is 2.14. The van der Waals surface area contributed by atoms with Crippen LogP contribution < -0.4 is 5.73 Å². The highest BCUT2D eigenvalue weighted by Crippen LogP contribution is 2.10. The molecule has 0 fully saturated rings. The Hall–Kier alpha value is -0.150. The maximum Gasteiger partial charge on any atom is 0.0740 e. The fourth-order valence-corrected chi connectivity index (χ4v) is 1.91. The van der Waals surface area contributed by atoms with E-state index in [9.17, 15) is 0 Å². The van der Waals surface area contributed by atoms with Crippen molar-refractivity contribution in [1.29, 1.82) is 0 Å². The molecule has 0 radical (unpaired) electrons. The topological polar surface area (TPSA) is 29.3 Å². The molecule has 0 spiro atoms. The van der Waals surface area contributed by atoms with Crippen LogP contribution in [0.5, 0.6) is 0 Å². The quantitative estimate of drug-likeness (QED) is 0.650. The Morgan fingerprint density at radius 1 is 1.33 bits per heavy atom. The smallest absolute Gasteiger partial charge is 0.0740 e. The molecule has 15 heavy (non-hydrogen) atoms. The van der Waals surface area contributed by atoms with E-state index in [0.29, 0.717) is 16.9 Å². The first-order valence-electron chi connectivity index (χ1n) is 5.99. The van der Waals surface area contributed by atoms with E-state index in [1.165, 1.54) is 12.8 Å². The molecule has 0 aromatic heterocycles. The fourth-order valence-electron chi connectivity index (χ4n) is 1.81. The molecular weight excluding hydrogens is 204 g/mol. The Morgan fingerprint density at radius 3 is 2.33 bits per heavy atom. The van der Waals surface area contributed by atoms with Gasteiger partial charge in [0.15, 0.2) is 0 Å². The van der Waals surface area contributed by atoms with Gasteiger partial charge in [-0.3, -0.25) is 4.90 Å². The second-order valence-corrected chi connectivity index (χ2v) is 5.27. The van der Waals surface area contributed by atoms with Gasteiger partial charge in [-0.25, -0.2) is 0 Å². The molecule has 1 atom stereocenters. The van der Waals surface area contributed by atoms with Crippen molar-refractivity contribution in [2.75, 3.05) is 13.1 Å². The summed E-state index contributed by atoms with van der Waals surface area (Å²) in [6, 6.07) is 0.645. The lowest BCUT2D eigenvalue weighted by molar-refractivity contribution is 0.182. The summed E-state index contributed by atoms with van der Waals surface area (Å²) >= 11 is 4.93. The largest absolute Gasteiger partial charge is 0.393 e. The molecule has 2 N–H and O–H groups in total. The highest BCUT2D eigenvalue weighted by molar-refractivity contribution is 7.80. The predicted octanol–water partition coefficient (Wildman–Crippen LogP) is 2.81. The van der Waals surface area contributed by atoms with Crippen molar-refractivity contribution in [3.05, 3.63) is 0 Å². The highest BCUT2D eigenvalue weighted by atomic mass is 32.1. The number of thiocarbonyl (C=S) groups is 1. The first kappa shape index (κ1) is 14.8. The molecule has 0 aliphatic rings. The normalized spacial score (nSPS) is 13.5. The maximum atomic E-state index is 5.55. The van der Waals surface area contributed by atoms with Crippen LogP contribution in [0.1, 0.15) is 47.0 Å². The maximum absolute atomic E-state index is 5.55. The minimum absolute atomic E-state index is 0.632. The van der Waals surface area contributed by atoms with Gasteiger partial charge in [-0.2, -0.15) is 0 Å². The lowest BCUT2D eigenvalue weighted by atomic mass is 10.1. The van der Waals surface area contributed by atoms with E-state index in [2.05, 4.69) is 32.6 Å². The molecule has 0 aliphatic heterocycles. The van der Waals surface area contributed by atoms with Gasteiger partial charge in [0.1, 0.15) is 0 Å². The van der Waals surface area contributed by atoms with Crippen molar-refractivity contribution in [2.24, 2.45) is 11.7 Å². The fraction of sp³-hybridized carbons (Fsp3) is 0.917. The van der Waals surface area contributed by atoms with Crippen molar-refractivity contribution in [2.45, 2.75) is 53.0 Å². The summed E-state index contributed by atoms with van der Waals surface area (Å²) in [5.41, 5.74) is 5.55. The van der Waals surface area contributed by atoms with E-state index < -0.39 is 0 Å². The van der Waals surface area contributed by atoms with E-state index in [-0.39, 0.29) is 0 Å². The van der Waals surface area contributed by atoms with Gasteiger partial charge in [0.25, 0.3) is 0 Å². The van der Waals surface area contributed by atoms with Crippen molar-refractivity contribution in [3.63, 3.8) is 0 Å². The van der Waals surface area contributed by atoms with Gasteiger partial charge in [0.2, 0.25) is 0 Å². The van der Waals surface area contributed by atoms with E-state index >= 15 is 0 Å². The average Bonchev–Trinajstić information content (AvgIpc) is 2.11. The van der Waals surface area contributed by atoms with E-state index in [1.807, 2.05) is 0 Å². The van der Waals surface area contributed by atoms with Gasteiger partial charge in [0.05, 0.1) is 4.99 Å². The number of hydrogen-bond donors (Lipinski definition) is 1. The second-order valence-electron chi connectivity index (χ2n) is 4.74. The van der Waals surface area contributed by atoms with Gasteiger partial charge in [-0.1, -0.05) is 39.4 Å². The van der Waals surface area contributed by atoms with Gasteiger partial charge in [0, 0.05) is 25.6 Å². The summed E-state index contributed by atoms with van der Waals surface area (Å²) in [4.78, 5) is 3.14. The van der Waals surface area contributed by atoms with Crippen LogP contribution in [0, 0.1) is 5.92 Å². The zero-order valence-electron chi connectivity index (χ0n) is 10.6. The van der Waals surface area contributed by atoms with Gasteiger partial charge in [-0.05, 0) is 19.3 Å². The molecule has 0 aromatic carbocycles. The first-order chi connectivity index (χ1) is 6.97. The molecule has 90 valence electrons. The molecule has 0 saturated heterocycles. The Kier molecular flexibility index (Phi) is 7.97. The Balaban J connectivity index is 4.10. The molecule has 0 aromatic rings. The molecule has 0 rings (SSSR count). The first-order valence-corrected chi connectivity index (χ1v) is 6.40. The van der Waals surface area contributed by atoms with Crippen molar-refractivity contribution in [1.82, 2.24) is 4.90 Å². The van der Waals surface area contributed by atoms with Gasteiger partial charge in [-0.15, -0.1) is 0 Å². The summed E-state index contributed by atoms with van der Waals surface area (Å²) in [6.45, 7) is 11.2. The summed E-state index contributed by atoms with van der Waals surface area (Å²) in [7, 11) is 0. The Bertz CT molecular complexity index is 180. The second kappa shape index (κ2) is 8.05. The van der Waals surface area contributed by atoms with Crippen LogP contribution in [0.2, 0.25) is 0 Å². The average molecular weight is 230 g/mol. The molecule has 1 unspecified atom stereocenters. The zero-order chi connectivity index (χ0) is 11.8. The Morgan fingerprint density at radius 2 is 1.93 bits per heavy atom. The zero-order valence-corrected chi connectivity index (χ0v) is 11.4.